The van der Waals surface area contributed by atoms with E-state index in [2.05, 4.69) is 29.4 Å². The van der Waals surface area contributed by atoms with Crippen molar-refractivity contribution in [2.24, 2.45) is 10.2 Å². The minimum atomic E-state index is -0.517. The molecule has 0 radical (unpaired) electrons. The van der Waals surface area contributed by atoms with Gasteiger partial charge in [-0.25, -0.2) is 0 Å². The smallest absolute Gasteiger partial charge is 0.271 e. The predicted octanol–water partition coefficient (Wildman–Crippen LogP) is 5.26. The van der Waals surface area contributed by atoms with E-state index in [-0.39, 0.29) is 28.6 Å². The van der Waals surface area contributed by atoms with Crippen LogP contribution >= 0.6 is 0 Å². The number of hydrogen-bond acceptors (Lipinski definition) is 6. The second-order valence-electron chi connectivity index (χ2n) is 7.66. The summed E-state index contributed by atoms with van der Waals surface area (Å²) in [6.07, 6.45) is 5.65. The van der Waals surface area contributed by atoms with Gasteiger partial charge in [0.05, 0.1) is 5.69 Å². The zero-order valence-electron chi connectivity index (χ0n) is 19.0. The van der Waals surface area contributed by atoms with Crippen molar-refractivity contribution in [2.45, 2.75) is 65.8 Å². The Morgan fingerprint density at radius 1 is 1.09 bits per heavy atom. The fourth-order valence-electron chi connectivity index (χ4n) is 3.23. The van der Waals surface area contributed by atoms with Crippen molar-refractivity contribution in [1.29, 1.82) is 5.26 Å². The average molecular weight is 438 g/mol. The van der Waals surface area contributed by atoms with E-state index >= 15 is 0 Å². The molecule has 0 unspecified atom stereocenters. The van der Waals surface area contributed by atoms with Crippen LogP contribution in [0.15, 0.2) is 39.3 Å². The first kappa shape index (κ1) is 24.8. The van der Waals surface area contributed by atoms with E-state index in [9.17, 15) is 20.0 Å². The van der Waals surface area contributed by atoms with Crippen LogP contribution in [0.25, 0.3) is 0 Å². The third-order valence-corrected chi connectivity index (χ3v) is 5.21. The SMILES string of the molecule is CCCCCCn1c(O)c(/N=N/c2ccc(C(=O)NCCCC)cc2)c(C)c(C#N)c1=O. The van der Waals surface area contributed by atoms with Crippen molar-refractivity contribution in [3.05, 3.63) is 51.3 Å². The molecule has 2 rings (SSSR count). The lowest BCUT2D eigenvalue weighted by molar-refractivity contribution is 0.0953. The van der Waals surface area contributed by atoms with Gasteiger partial charge in [0.1, 0.15) is 11.6 Å². The number of rotatable bonds is 11. The Morgan fingerprint density at radius 3 is 2.41 bits per heavy atom. The molecule has 0 aliphatic carbocycles. The number of azo groups is 1. The van der Waals surface area contributed by atoms with Gasteiger partial charge < -0.3 is 10.4 Å². The second kappa shape index (κ2) is 12.4. The summed E-state index contributed by atoms with van der Waals surface area (Å²) in [5, 5.41) is 31.2. The first-order chi connectivity index (χ1) is 15.4. The van der Waals surface area contributed by atoms with Crippen LogP contribution in [-0.4, -0.2) is 22.1 Å². The number of nitriles is 1. The molecule has 0 aliphatic heterocycles. The molecule has 8 heteroatoms. The van der Waals surface area contributed by atoms with Gasteiger partial charge in [-0.3, -0.25) is 14.2 Å². The van der Waals surface area contributed by atoms with Gasteiger partial charge in [0.2, 0.25) is 5.88 Å². The summed E-state index contributed by atoms with van der Waals surface area (Å²) in [4.78, 5) is 24.7. The van der Waals surface area contributed by atoms with Gasteiger partial charge in [-0.05, 0) is 44.0 Å². The number of unbranched alkanes of at least 4 members (excludes halogenated alkanes) is 4. The molecule has 2 N–H and O–H groups in total. The lowest BCUT2D eigenvalue weighted by atomic mass is 10.1. The molecular formula is C24H31N5O3. The third kappa shape index (κ3) is 6.27. The summed E-state index contributed by atoms with van der Waals surface area (Å²) in [5.41, 5.74) is 0.816. The van der Waals surface area contributed by atoms with Gasteiger partial charge in [0.15, 0.2) is 5.69 Å². The predicted molar refractivity (Wildman–Crippen MR) is 124 cm³/mol. The Morgan fingerprint density at radius 2 is 1.78 bits per heavy atom. The van der Waals surface area contributed by atoms with Crippen molar-refractivity contribution in [3.63, 3.8) is 0 Å². The fourth-order valence-corrected chi connectivity index (χ4v) is 3.23. The van der Waals surface area contributed by atoms with Crippen LogP contribution in [-0.2, 0) is 6.54 Å². The number of pyridine rings is 1. The highest BCUT2D eigenvalue weighted by molar-refractivity contribution is 5.94. The molecule has 0 aliphatic rings. The van der Waals surface area contributed by atoms with Gasteiger partial charge in [-0.15, -0.1) is 5.11 Å². The first-order valence-corrected chi connectivity index (χ1v) is 11.1. The quantitative estimate of drug-likeness (QED) is 0.368. The largest absolute Gasteiger partial charge is 0.493 e. The summed E-state index contributed by atoms with van der Waals surface area (Å²) in [5.74, 6) is -0.442. The number of carbonyl (C=O) groups excluding carboxylic acids is 1. The zero-order valence-corrected chi connectivity index (χ0v) is 19.0. The molecule has 1 amide bonds. The van der Waals surface area contributed by atoms with E-state index in [0.717, 1.165) is 32.1 Å². The van der Waals surface area contributed by atoms with Crippen molar-refractivity contribution in [3.8, 4) is 11.9 Å². The average Bonchev–Trinajstić information content (AvgIpc) is 2.79. The normalized spacial score (nSPS) is 10.9. The molecule has 1 aromatic carbocycles. The van der Waals surface area contributed by atoms with Gasteiger partial charge in [0.25, 0.3) is 11.5 Å². The molecule has 32 heavy (non-hydrogen) atoms. The molecule has 2 aromatic rings. The lowest BCUT2D eigenvalue weighted by Gasteiger charge is -2.13. The molecule has 0 atom stereocenters. The van der Waals surface area contributed by atoms with Crippen molar-refractivity contribution < 1.29 is 9.90 Å². The molecule has 1 aromatic heterocycles. The van der Waals surface area contributed by atoms with E-state index in [1.807, 2.05) is 6.07 Å². The highest BCUT2D eigenvalue weighted by Gasteiger charge is 2.19. The maximum atomic E-state index is 12.6. The number of benzene rings is 1. The van der Waals surface area contributed by atoms with E-state index in [0.29, 0.717) is 30.8 Å². The molecule has 0 spiro atoms. The summed E-state index contributed by atoms with van der Waals surface area (Å²) in [7, 11) is 0. The van der Waals surface area contributed by atoms with Crippen LogP contribution < -0.4 is 10.9 Å². The fraction of sp³-hybridized carbons (Fsp3) is 0.458. The van der Waals surface area contributed by atoms with Crippen molar-refractivity contribution >= 4 is 17.3 Å². The molecule has 0 saturated heterocycles. The molecular weight excluding hydrogens is 406 g/mol. The van der Waals surface area contributed by atoms with Gasteiger partial charge in [-0.2, -0.15) is 10.4 Å². The molecule has 0 fully saturated rings. The Hall–Kier alpha value is -3.47. The Bertz CT molecular complexity index is 1050. The maximum absolute atomic E-state index is 12.6. The van der Waals surface area contributed by atoms with Crippen LogP contribution in [0.5, 0.6) is 5.88 Å². The number of nitrogens with zero attached hydrogens (tertiary/aromatic N) is 4. The van der Waals surface area contributed by atoms with Crippen molar-refractivity contribution in [1.82, 2.24) is 9.88 Å². The van der Waals surface area contributed by atoms with Crippen LogP contribution in [0, 0.1) is 18.3 Å². The molecule has 170 valence electrons. The number of nitrogens with one attached hydrogen (secondary N) is 1. The first-order valence-electron chi connectivity index (χ1n) is 11.1. The summed E-state index contributed by atoms with van der Waals surface area (Å²) in [6, 6.07) is 8.52. The molecule has 0 bridgehead atoms. The highest BCUT2D eigenvalue weighted by Crippen LogP contribution is 2.32. The topological polar surface area (TPSA) is 120 Å². The van der Waals surface area contributed by atoms with Crippen LogP contribution in [0.2, 0.25) is 0 Å². The van der Waals surface area contributed by atoms with Crippen LogP contribution in [0.4, 0.5) is 11.4 Å². The zero-order chi connectivity index (χ0) is 23.5. The maximum Gasteiger partial charge on any atom is 0.271 e. The summed E-state index contributed by atoms with van der Waals surface area (Å²) >= 11 is 0. The Kier molecular flexibility index (Phi) is 9.61. The van der Waals surface area contributed by atoms with Gasteiger partial charge in [-0.1, -0.05) is 39.5 Å². The van der Waals surface area contributed by atoms with E-state index in [4.69, 9.17) is 0 Å². The summed E-state index contributed by atoms with van der Waals surface area (Å²) < 4.78 is 1.19. The second-order valence-corrected chi connectivity index (χ2v) is 7.66. The van der Waals surface area contributed by atoms with Crippen molar-refractivity contribution in [2.75, 3.05) is 6.54 Å². The van der Waals surface area contributed by atoms with E-state index < -0.39 is 5.56 Å². The standard InChI is InChI=1S/C24H31N5O3/c1-4-6-8-9-15-29-23(31)20(16-25)17(3)21(24(29)32)28-27-19-12-10-18(11-13-19)22(30)26-14-7-5-2/h10-13,32H,4-9,14-15H2,1-3H3,(H,26,30)/b28-27+. The monoisotopic (exact) mass is 437 g/mol. The Labute approximate surface area is 188 Å². The number of aromatic hydroxyl groups is 1. The van der Waals surface area contributed by atoms with E-state index in [1.165, 1.54) is 4.57 Å². The van der Waals surface area contributed by atoms with Gasteiger partial charge >= 0.3 is 0 Å². The van der Waals surface area contributed by atoms with E-state index in [1.54, 1.807) is 31.2 Å². The number of aromatic nitrogens is 1. The molecule has 1 heterocycles. The highest BCUT2D eigenvalue weighted by atomic mass is 16.3. The van der Waals surface area contributed by atoms with Crippen LogP contribution in [0.3, 0.4) is 0 Å². The molecule has 0 saturated carbocycles. The number of hydrogen-bond donors (Lipinski definition) is 2. The number of carbonyl (C=O) groups is 1. The summed E-state index contributed by atoms with van der Waals surface area (Å²) in [6.45, 7) is 6.66. The number of amides is 1. The van der Waals surface area contributed by atoms with Crippen LogP contribution in [0.1, 0.15) is 73.9 Å². The lowest BCUT2D eigenvalue weighted by Crippen LogP contribution is -2.24. The third-order valence-electron chi connectivity index (χ3n) is 5.21. The molecule has 8 nitrogen and oxygen atoms in total. The van der Waals surface area contributed by atoms with Gasteiger partial charge in [0, 0.05) is 24.2 Å². The minimum absolute atomic E-state index is 0.0497. The minimum Gasteiger partial charge on any atom is -0.493 e. The Balaban J connectivity index is 2.26.